The van der Waals surface area contributed by atoms with E-state index in [0.717, 1.165) is 46.3 Å². The van der Waals surface area contributed by atoms with Crippen LogP contribution in [0.15, 0.2) is 72.0 Å². The highest BCUT2D eigenvalue weighted by molar-refractivity contribution is 5.78. The van der Waals surface area contributed by atoms with Crippen LogP contribution in [0.3, 0.4) is 0 Å². The SMILES string of the molecule is COc1ncnc(C2CC2)c1-c1ncc2ccc(=O)n(Cc3ccc(-c4ncccc4C)cc3)c2n1. The van der Waals surface area contributed by atoms with Crippen molar-refractivity contribution in [3.63, 3.8) is 0 Å². The van der Waals surface area contributed by atoms with Crippen molar-refractivity contribution in [3.05, 3.63) is 94.4 Å². The number of benzene rings is 1. The zero-order chi connectivity index (χ0) is 24.6. The third-order valence-corrected chi connectivity index (χ3v) is 6.52. The molecule has 0 aliphatic heterocycles. The minimum Gasteiger partial charge on any atom is -0.480 e. The van der Waals surface area contributed by atoms with Gasteiger partial charge in [0.2, 0.25) is 5.88 Å². The quantitative estimate of drug-likeness (QED) is 0.355. The van der Waals surface area contributed by atoms with Gasteiger partial charge >= 0.3 is 0 Å². The molecular formula is C28H24N6O2. The van der Waals surface area contributed by atoms with E-state index in [1.807, 2.05) is 43.3 Å². The first-order valence-corrected chi connectivity index (χ1v) is 11.9. The van der Waals surface area contributed by atoms with Crippen molar-refractivity contribution < 1.29 is 4.74 Å². The fraction of sp³-hybridized carbons (Fsp3) is 0.214. The summed E-state index contributed by atoms with van der Waals surface area (Å²) >= 11 is 0. The van der Waals surface area contributed by atoms with Crippen molar-refractivity contribution in [3.8, 4) is 28.5 Å². The molecule has 0 saturated heterocycles. The number of hydrogen-bond acceptors (Lipinski definition) is 7. The number of fused-ring (bicyclic) bond motifs is 1. The van der Waals surface area contributed by atoms with Gasteiger partial charge in [-0.15, -0.1) is 0 Å². The number of nitrogens with zero attached hydrogens (tertiary/aromatic N) is 6. The first kappa shape index (κ1) is 22.0. The highest BCUT2D eigenvalue weighted by atomic mass is 16.5. The third kappa shape index (κ3) is 4.00. The fourth-order valence-electron chi connectivity index (χ4n) is 4.50. The molecule has 0 spiro atoms. The highest BCUT2D eigenvalue weighted by Gasteiger charge is 2.31. The molecule has 8 heteroatoms. The maximum Gasteiger partial charge on any atom is 0.252 e. The van der Waals surface area contributed by atoms with E-state index in [4.69, 9.17) is 9.72 Å². The second kappa shape index (κ2) is 8.96. The molecule has 178 valence electrons. The van der Waals surface area contributed by atoms with Crippen LogP contribution in [0.1, 0.15) is 35.6 Å². The van der Waals surface area contributed by atoms with Crippen molar-refractivity contribution in [1.82, 2.24) is 29.5 Å². The Morgan fingerprint density at radius 1 is 1.00 bits per heavy atom. The van der Waals surface area contributed by atoms with Crippen LogP contribution in [0.5, 0.6) is 5.88 Å². The van der Waals surface area contributed by atoms with Crippen molar-refractivity contribution in [1.29, 1.82) is 0 Å². The van der Waals surface area contributed by atoms with Crippen LogP contribution in [0, 0.1) is 6.92 Å². The van der Waals surface area contributed by atoms with Gasteiger partial charge < -0.3 is 4.74 Å². The summed E-state index contributed by atoms with van der Waals surface area (Å²) in [6.07, 6.45) is 7.19. The summed E-state index contributed by atoms with van der Waals surface area (Å²) in [5.41, 5.74) is 6.12. The molecule has 1 fully saturated rings. The molecule has 0 unspecified atom stereocenters. The number of ether oxygens (including phenoxy) is 1. The molecule has 1 aromatic carbocycles. The zero-order valence-corrected chi connectivity index (χ0v) is 20.0. The molecule has 0 atom stereocenters. The summed E-state index contributed by atoms with van der Waals surface area (Å²) in [4.78, 5) is 35.7. The van der Waals surface area contributed by atoms with E-state index >= 15 is 0 Å². The summed E-state index contributed by atoms with van der Waals surface area (Å²) in [7, 11) is 1.58. The van der Waals surface area contributed by atoms with Crippen LogP contribution in [-0.2, 0) is 6.54 Å². The van der Waals surface area contributed by atoms with Crippen LogP contribution in [0.2, 0.25) is 0 Å². The van der Waals surface area contributed by atoms with Crippen molar-refractivity contribution in [2.45, 2.75) is 32.2 Å². The number of aryl methyl sites for hydroxylation is 1. The maximum absolute atomic E-state index is 13.0. The lowest BCUT2D eigenvalue weighted by molar-refractivity contribution is 0.397. The molecule has 4 aromatic heterocycles. The Kier molecular flexibility index (Phi) is 5.48. The number of methoxy groups -OCH3 is 1. The Hall–Kier alpha value is -4.46. The second-order valence-electron chi connectivity index (χ2n) is 9.01. The molecule has 1 aliphatic carbocycles. The summed E-state index contributed by atoms with van der Waals surface area (Å²) in [6.45, 7) is 2.43. The van der Waals surface area contributed by atoms with Gasteiger partial charge in [0, 0.05) is 35.3 Å². The molecule has 5 aromatic rings. The summed E-state index contributed by atoms with van der Waals surface area (Å²) in [6, 6.07) is 15.4. The van der Waals surface area contributed by atoms with Gasteiger partial charge in [-0.05, 0) is 43.0 Å². The van der Waals surface area contributed by atoms with Gasteiger partial charge in [0.15, 0.2) is 5.82 Å². The molecule has 4 heterocycles. The van der Waals surface area contributed by atoms with E-state index < -0.39 is 0 Å². The molecule has 0 bridgehead atoms. The molecule has 1 aliphatic rings. The lowest BCUT2D eigenvalue weighted by Gasteiger charge is -2.13. The van der Waals surface area contributed by atoms with Crippen molar-refractivity contribution in [2.75, 3.05) is 7.11 Å². The van der Waals surface area contributed by atoms with Crippen LogP contribution in [0.4, 0.5) is 0 Å². The Balaban J connectivity index is 1.42. The van der Waals surface area contributed by atoms with E-state index in [1.165, 1.54) is 6.33 Å². The van der Waals surface area contributed by atoms with E-state index in [-0.39, 0.29) is 5.56 Å². The Labute approximate surface area is 207 Å². The molecule has 0 radical (unpaired) electrons. The van der Waals surface area contributed by atoms with Gasteiger partial charge in [0.1, 0.15) is 17.5 Å². The molecular weight excluding hydrogens is 452 g/mol. The van der Waals surface area contributed by atoms with Gasteiger partial charge in [0.25, 0.3) is 5.56 Å². The predicted molar refractivity (Wildman–Crippen MR) is 137 cm³/mol. The summed E-state index contributed by atoms with van der Waals surface area (Å²) in [5.74, 6) is 1.26. The lowest BCUT2D eigenvalue weighted by Crippen LogP contribution is -2.21. The summed E-state index contributed by atoms with van der Waals surface area (Å²) in [5, 5.41) is 0.780. The normalized spacial score (nSPS) is 13.2. The smallest absolute Gasteiger partial charge is 0.252 e. The minimum atomic E-state index is -0.129. The van der Waals surface area contributed by atoms with Gasteiger partial charge in [-0.2, -0.15) is 0 Å². The van der Waals surface area contributed by atoms with Crippen molar-refractivity contribution in [2.24, 2.45) is 0 Å². The van der Waals surface area contributed by atoms with Gasteiger partial charge in [-0.3, -0.25) is 14.3 Å². The predicted octanol–water partition coefficient (Wildman–Crippen LogP) is 4.55. The average Bonchev–Trinajstić information content (AvgIpc) is 3.76. The molecule has 8 nitrogen and oxygen atoms in total. The number of aromatic nitrogens is 6. The first-order valence-electron chi connectivity index (χ1n) is 11.9. The van der Waals surface area contributed by atoms with E-state index in [0.29, 0.717) is 35.4 Å². The van der Waals surface area contributed by atoms with E-state index in [1.54, 1.807) is 36.2 Å². The third-order valence-electron chi connectivity index (χ3n) is 6.52. The molecule has 0 amide bonds. The minimum absolute atomic E-state index is 0.129. The monoisotopic (exact) mass is 476 g/mol. The Bertz CT molecular complexity index is 1640. The Morgan fingerprint density at radius 2 is 1.83 bits per heavy atom. The van der Waals surface area contributed by atoms with Gasteiger partial charge in [-0.25, -0.2) is 19.9 Å². The van der Waals surface area contributed by atoms with Crippen LogP contribution in [-0.4, -0.2) is 36.6 Å². The van der Waals surface area contributed by atoms with Crippen LogP contribution >= 0.6 is 0 Å². The van der Waals surface area contributed by atoms with Gasteiger partial charge in [-0.1, -0.05) is 30.3 Å². The fourth-order valence-corrected chi connectivity index (χ4v) is 4.50. The number of pyridine rings is 2. The second-order valence-corrected chi connectivity index (χ2v) is 9.01. The maximum atomic E-state index is 13.0. The van der Waals surface area contributed by atoms with Crippen LogP contribution < -0.4 is 10.3 Å². The van der Waals surface area contributed by atoms with Crippen LogP contribution in [0.25, 0.3) is 33.7 Å². The first-order chi connectivity index (χ1) is 17.6. The topological polar surface area (TPSA) is 95.7 Å². The van der Waals surface area contributed by atoms with Gasteiger partial charge in [0.05, 0.1) is 25.0 Å². The standard InChI is InChI=1S/C28H24N6O2/c1-17-4-3-13-29-24(17)19-7-5-18(6-8-19)15-34-22(35)12-11-21-14-30-26(33-27(21)34)23-25(20-9-10-20)31-16-32-28(23)36-2/h3-8,11-14,16,20H,9-10,15H2,1-2H3. The molecule has 1 saturated carbocycles. The molecule has 0 N–H and O–H groups in total. The van der Waals surface area contributed by atoms with E-state index in [2.05, 4.69) is 19.9 Å². The van der Waals surface area contributed by atoms with Crippen molar-refractivity contribution >= 4 is 11.0 Å². The number of rotatable bonds is 6. The largest absolute Gasteiger partial charge is 0.480 e. The molecule has 36 heavy (non-hydrogen) atoms. The Morgan fingerprint density at radius 3 is 2.58 bits per heavy atom. The zero-order valence-electron chi connectivity index (χ0n) is 20.0. The lowest BCUT2D eigenvalue weighted by atomic mass is 10.0. The highest BCUT2D eigenvalue weighted by Crippen LogP contribution is 2.44. The molecule has 6 rings (SSSR count). The number of hydrogen-bond donors (Lipinski definition) is 0. The van der Waals surface area contributed by atoms with E-state index in [9.17, 15) is 4.79 Å². The summed E-state index contributed by atoms with van der Waals surface area (Å²) < 4.78 is 7.21. The average molecular weight is 477 g/mol.